The Bertz CT molecular complexity index is 938. The monoisotopic (exact) mass is 481 g/mol. The van der Waals surface area contributed by atoms with E-state index in [0.717, 1.165) is 22.1 Å². The van der Waals surface area contributed by atoms with Gasteiger partial charge >= 0.3 is 5.97 Å². The first-order valence-electron chi connectivity index (χ1n) is 10.1. The van der Waals surface area contributed by atoms with Crippen molar-refractivity contribution in [1.29, 1.82) is 0 Å². The predicted molar refractivity (Wildman–Crippen MR) is 130 cm³/mol. The maximum absolute atomic E-state index is 11.5. The largest absolute Gasteiger partial charge is 0.507 e. The Balaban J connectivity index is 1.43. The summed E-state index contributed by atoms with van der Waals surface area (Å²) >= 11 is 4.81. The SMILES string of the molecule is CC(C)(C1=N[C@@](C)(C(=O)O)CS1)C(O)C1CSC(C2CSC(c3ccccc3O)=N2)N1. The third kappa shape index (κ3) is 4.37. The number of thioether (sulfide) groups is 3. The van der Waals surface area contributed by atoms with E-state index in [0.29, 0.717) is 10.8 Å². The summed E-state index contributed by atoms with van der Waals surface area (Å²) in [5.74, 6) is 1.24. The Morgan fingerprint density at radius 2 is 2.03 bits per heavy atom. The van der Waals surface area contributed by atoms with E-state index in [2.05, 4.69) is 10.3 Å². The summed E-state index contributed by atoms with van der Waals surface area (Å²) < 4.78 is 0. The number of hydrogen-bond donors (Lipinski definition) is 4. The molecule has 4 rings (SSSR count). The zero-order valence-corrected chi connectivity index (χ0v) is 20.1. The van der Waals surface area contributed by atoms with Crippen LogP contribution >= 0.6 is 35.3 Å². The Morgan fingerprint density at radius 3 is 2.71 bits per heavy atom. The van der Waals surface area contributed by atoms with Crippen molar-refractivity contribution in [3.8, 4) is 5.75 Å². The molecule has 1 aromatic carbocycles. The molecule has 1 aromatic rings. The number of nitrogens with zero attached hydrogens (tertiary/aromatic N) is 2. The zero-order chi connectivity index (χ0) is 22.4. The summed E-state index contributed by atoms with van der Waals surface area (Å²) in [5.41, 5.74) is -1.03. The van der Waals surface area contributed by atoms with Gasteiger partial charge in [0.25, 0.3) is 0 Å². The maximum Gasteiger partial charge on any atom is 0.332 e. The van der Waals surface area contributed by atoms with Crippen LogP contribution in [0, 0.1) is 5.41 Å². The van der Waals surface area contributed by atoms with Crippen LogP contribution in [0.1, 0.15) is 26.3 Å². The Hall–Kier alpha value is -1.20. The minimum Gasteiger partial charge on any atom is -0.507 e. The summed E-state index contributed by atoms with van der Waals surface area (Å²) in [5, 5.41) is 35.9. The van der Waals surface area contributed by atoms with Gasteiger partial charge in [0.15, 0.2) is 5.54 Å². The second-order valence-corrected chi connectivity index (χ2v) is 12.0. The lowest BCUT2D eigenvalue weighted by Gasteiger charge is -2.34. The van der Waals surface area contributed by atoms with Crippen molar-refractivity contribution in [2.75, 3.05) is 17.3 Å². The molecule has 7 nitrogen and oxygen atoms in total. The number of para-hydroxylation sites is 1. The van der Waals surface area contributed by atoms with Gasteiger partial charge in [-0.05, 0) is 19.1 Å². The second kappa shape index (κ2) is 8.62. The molecular formula is C21H27N3O4S3. The van der Waals surface area contributed by atoms with Crippen LogP contribution in [0.3, 0.4) is 0 Å². The number of carboxylic acid groups (broad SMARTS) is 1. The van der Waals surface area contributed by atoms with Crippen LogP contribution in [0.15, 0.2) is 34.3 Å². The van der Waals surface area contributed by atoms with Gasteiger partial charge in [-0.1, -0.05) is 26.0 Å². The second-order valence-electron chi connectivity index (χ2n) is 8.81. The fourth-order valence-corrected chi connectivity index (χ4v) is 7.80. The number of aliphatic imine (C=N–C) groups is 2. The molecule has 0 aromatic heterocycles. The lowest BCUT2D eigenvalue weighted by molar-refractivity contribution is -0.141. The highest BCUT2D eigenvalue weighted by molar-refractivity contribution is 8.15. The van der Waals surface area contributed by atoms with Crippen molar-refractivity contribution < 1.29 is 20.1 Å². The quantitative estimate of drug-likeness (QED) is 0.490. The molecule has 0 amide bonds. The van der Waals surface area contributed by atoms with Crippen molar-refractivity contribution in [3.05, 3.63) is 29.8 Å². The van der Waals surface area contributed by atoms with Crippen LogP contribution in [0.4, 0.5) is 0 Å². The molecule has 1 saturated heterocycles. The van der Waals surface area contributed by atoms with Crippen molar-refractivity contribution in [2.45, 2.75) is 49.9 Å². The molecule has 0 bridgehead atoms. The number of benzene rings is 1. The number of hydrogen-bond acceptors (Lipinski definition) is 9. The summed E-state index contributed by atoms with van der Waals surface area (Å²) in [6, 6.07) is 7.14. The fraction of sp³-hybridized carbons (Fsp3) is 0.571. The Kier molecular flexibility index (Phi) is 6.39. The number of carboxylic acids is 1. The number of aliphatic hydroxyl groups excluding tert-OH is 1. The van der Waals surface area contributed by atoms with Gasteiger partial charge in [0.2, 0.25) is 0 Å². The van der Waals surface area contributed by atoms with Crippen LogP contribution in [0.25, 0.3) is 0 Å². The fourth-order valence-electron chi connectivity index (χ4n) is 3.83. The van der Waals surface area contributed by atoms with Gasteiger partial charge < -0.3 is 15.3 Å². The summed E-state index contributed by atoms with van der Waals surface area (Å²) in [6.45, 7) is 5.47. The van der Waals surface area contributed by atoms with E-state index in [9.17, 15) is 20.1 Å². The lowest BCUT2D eigenvalue weighted by atomic mass is 9.83. The van der Waals surface area contributed by atoms with E-state index in [1.807, 2.05) is 26.0 Å². The topological polar surface area (TPSA) is 115 Å². The highest BCUT2D eigenvalue weighted by Crippen LogP contribution is 2.41. The highest BCUT2D eigenvalue weighted by Gasteiger charge is 2.48. The molecule has 168 valence electrons. The lowest BCUT2D eigenvalue weighted by Crippen LogP contribution is -2.51. The third-order valence-corrected chi connectivity index (χ3v) is 10.0. The Morgan fingerprint density at radius 1 is 1.29 bits per heavy atom. The average Bonchev–Trinajstić information content (AvgIpc) is 3.47. The molecule has 0 saturated carbocycles. The third-order valence-electron chi connectivity index (χ3n) is 5.96. The summed E-state index contributed by atoms with van der Waals surface area (Å²) in [7, 11) is 0. The van der Waals surface area contributed by atoms with Gasteiger partial charge in [0.1, 0.15) is 10.8 Å². The van der Waals surface area contributed by atoms with E-state index in [1.165, 1.54) is 11.8 Å². The number of phenols is 1. The van der Waals surface area contributed by atoms with E-state index >= 15 is 0 Å². The van der Waals surface area contributed by atoms with Crippen LogP contribution < -0.4 is 5.32 Å². The predicted octanol–water partition coefficient (Wildman–Crippen LogP) is 2.66. The van der Waals surface area contributed by atoms with Crippen molar-refractivity contribution in [2.24, 2.45) is 15.4 Å². The number of carbonyl (C=O) groups is 1. The van der Waals surface area contributed by atoms with Gasteiger partial charge in [0, 0.05) is 34.3 Å². The molecule has 3 aliphatic rings. The number of aromatic hydroxyl groups is 1. The first-order valence-corrected chi connectivity index (χ1v) is 13.1. The van der Waals surface area contributed by atoms with E-state index in [-0.39, 0.29) is 23.2 Å². The first kappa shape index (κ1) is 23.0. The molecule has 4 unspecified atom stereocenters. The van der Waals surface area contributed by atoms with Gasteiger partial charge in [-0.25, -0.2) is 4.79 Å². The molecule has 0 radical (unpaired) electrons. The van der Waals surface area contributed by atoms with Crippen LogP contribution in [0.2, 0.25) is 0 Å². The van der Waals surface area contributed by atoms with Gasteiger partial charge in [-0.2, -0.15) is 0 Å². The van der Waals surface area contributed by atoms with E-state index < -0.39 is 23.0 Å². The van der Waals surface area contributed by atoms with E-state index in [4.69, 9.17) is 4.99 Å². The van der Waals surface area contributed by atoms with Gasteiger partial charge in [-0.3, -0.25) is 15.3 Å². The molecular weight excluding hydrogens is 454 g/mol. The van der Waals surface area contributed by atoms with Crippen LogP contribution in [-0.2, 0) is 4.79 Å². The number of rotatable bonds is 6. The molecule has 0 aliphatic carbocycles. The molecule has 31 heavy (non-hydrogen) atoms. The molecule has 10 heteroatoms. The number of aliphatic carboxylic acids is 1. The summed E-state index contributed by atoms with van der Waals surface area (Å²) in [4.78, 5) is 20.8. The molecule has 3 aliphatic heterocycles. The first-order chi connectivity index (χ1) is 14.6. The van der Waals surface area contributed by atoms with Gasteiger partial charge in [-0.15, -0.1) is 35.3 Å². The Labute approximate surface area is 194 Å². The molecule has 1 fully saturated rings. The van der Waals surface area contributed by atoms with Gasteiger partial charge in [0.05, 0.1) is 22.6 Å². The number of phenolic OH excluding ortho intramolecular Hbond substituents is 1. The number of aliphatic hydroxyl groups is 1. The van der Waals surface area contributed by atoms with Crippen molar-refractivity contribution in [1.82, 2.24) is 5.32 Å². The van der Waals surface area contributed by atoms with Crippen LogP contribution in [0.5, 0.6) is 5.75 Å². The normalized spacial score (nSPS) is 32.1. The maximum atomic E-state index is 11.5. The smallest absolute Gasteiger partial charge is 0.332 e. The zero-order valence-electron chi connectivity index (χ0n) is 17.6. The summed E-state index contributed by atoms with van der Waals surface area (Å²) in [6.07, 6.45) is -0.705. The minimum atomic E-state index is -1.13. The number of nitrogens with one attached hydrogen (secondary N) is 1. The standard InChI is InChI=1S/C21H27N3O4S3/c1-20(2,18-24-21(3,10-31-18)19(27)28)15(26)12-8-30-17(22-12)13-9-29-16(23-13)11-6-4-5-7-14(11)25/h4-7,12-13,15,17,22,25-26H,8-10H2,1-3H3,(H,27,28)/t12?,13?,15?,17?,21-/m1/s1. The molecule has 5 atom stereocenters. The average molecular weight is 482 g/mol. The molecule has 0 spiro atoms. The highest BCUT2D eigenvalue weighted by atomic mass is 32.2. The van der Waals surface area contributed by atoms with Crippen LogP contribution in [-0.4, -0.2) is 77.7 Å². The van der Waals surface area contributed by atoms with Crippen molar-refractivity contribution in [3.63, 3.8) is 0 Å². The van der Waals surface area contributed by atoms with Crippen molar-refractivity contribution >= 4 is 51.3 Å². The molecule has 4 N–H and O–H groups in total. The van der Waals surface area contributed by atoms with E-state index in [1.54, 1.807) is 42.6 Å². The minimum absolute atomic E-state index is 0.0541. The molecule has 3 heterocycles.